The Morgan fingerprint density at radius 3 is 2.33 bits per heavy atom. The minimum absolute atomic E-state index is 0.00231. The Hall–Kier alpha value is -4.58. The zero-order valence-electron chi connectivity index (χ0n) is 22.7. The topological polar surface area (TPSA) is 126 Å². The summed E-state index contributed by atoms with van der Waals surface area (Å²) in [5.74, 6) is -0.236. The molecule has 13 heteroatoms. The van der Waals surface area contributed by atoms with Crippen LogP contribution in [0.1, 0.15) is 5.56 Å². The Kier molecular flexibility index (Phi) is 10.6. The maximum atomic E-state index is 13.5. The zero-order chi connectivity index (χ0) is 30.8. The summed E-state index contributed by atoms with van der Waals surface area (Å²) < 4.78 is 38.5. The molecule has 0 unspecified atom stereocenters. The van der Waals surface area contributed by atoms with Crippen LogP contribution in [0.15, 0.2) is 107 Å². The van der Waals surface area contributed by atoms with Gasteiger partial charge in [0, 0.05) is 10.7 Å². The smallest absolute Gasteiger partial charge is 0.264 e. The van der Waals surface area contributed by atoms with Crippen LogP contribution in [0.4, 0.5) is 11.4 Å². The number of sulfonamides is 1. The highest BCUT2D eigenvalue weighted by atomic mass is 35.5. The molecule has 0 heterocycles. The minimum Gasteiger partial charge on any atom is -0.495 e. The average Bonchev–Trinajstić information content (AvgIpc) is 3.00. The second-order valence-electron chi connectivity index (χ2n) is 8.85. The molecular weight excluding hydrogens is 615 g/mol. The number of hydrazone groups is 1. The first-order valence-corrected chi connectivity index (χ1v) is 14.9. The third-order valence-corrected chi connectivity index (χ3v) is 8.12. The van der Waals surface area contributed by atoms with Gasteiger partial charge in [0.15, 0.2) is 6.61 Å². The molecule has 0 bridgehead atoms. The van der Waals surface area contributed by atoms with Crippen LogP contribution in [0.25, 0.3) is 0 Å². The summed E-state index contributed by atoms with van der Waals surface area (Å²) in [6, 6.07) is 25.5. The number of hydrogen-bond acceptors (Lipinski definition) is 7. The fourth-order valence-corrected chi connectivity index (χ4v) is 5.63. The lowest BCUT2D eigenvalue weighted by Gasteiger charge is -2.24. The lowest BCUT2D eigenvalue weighted by molar-refractivity contribution is -0.119. The number of rotatable bonds is 12. The van der Waals surface area contributed by atoms with Gasteiger partial charge in [0.05, 0.1) is 28.9 Å². The van der Waals surface area contributed by atoms with Crippen LogP contribution in [0.5, 0.6) is 11.5 Å². The molecule has 4 rings (SSSR count). The molecule has 2 amide bonds. The molecule has 0 spiro atoms. The Labute approximate surface area is 258 Å². The maximum Gasteiger partial charge on any atom is 0.264 e. The fourth-order valence-electron chi connectivity index (χ4n) is 3.75. The first-order valence-electron chi connectivity index (χ1n) is 12.7. The second kappa shape index (κ2) is 14.5. The molecule has 0 saturated carbocycles. The van der Waals surface area contributed by atoms with Crippen molar-refractivity contribution in [3.8, 4) is 11.5 Å². The van der Waals surface area contributed by atoms with E-state index in [0.29, 0.717) is 27.8 Å². The van der Waals surface area contributed by atoms with E-state index in [2.05, 4.69) is 15.8 Å². The number of nitrogens with one attached hydrogen (secondary N) is 2. The molecule has 0 aromatic heterocycles. The number of benzene rings is 4. The van der Waals surface area contributed by atoms with Gasteiger partial charge in [-0.05, 0) is 78.4 Å². The van der Waals surface area contributed by atoms with Gasteiger partial charge in [-0.1, -0.05) is 47.5 Å². The molecule has 0 aliphatic carbocycles. The molecule has 4 aromatic rings. The van der Waals surface area contributed by atoms with Crippen molar-refractivity contribution in [2.24, 2.45) is 5.10 Å². The number of hydrogen-bond donors (Lipinski definition) is 2. The molecule has 10 nitrogen and oxygen atoms in total. The number of carbonyl (C=O) groups is 2. The highest BCUT2D eigenvalue weighted by Crippen LogP contribution is 2.31. The largest absolute Gasteiger partial charge is 0.495 e. The number of amides is 2. The number of anilines is 2. The van der Waals surface area contributed by atoms with Gasteiger partial charge in [0.25, 0.3) is 21.8 Å². The summed E-state index contributed by atoms with van der Waals surface area (Å²) in [7, 11) is -2.69. The van der Waals surface area contributed by atoms with Gasteiger partial charge in [-0.15, -0.1) is 0 Å². The Bertz CT molecular complexity index is 1720. The predicted octanol–water partition coefficient (Wildman–Crippen LogP) is 5.37. The van der Waals surface area contributed by atoms with E-state index in [9.17, 15) is 18.0 Å². The lowest BCUT2D eigenvalue weighted by atomic mass is 10.2. The van der Waals surface area contributed by atoms with Crippen molar-refractivity contribution in [2.75, 3.05) is 29.9 Å². The Morgan fingerprint density at radius 2 is 1.65 bits per heavy atom. The predicted molar refractivity (Wildman–Crippen MR) is 167 cm³/mol. The third-order valence-electron chi connectivity index (χ3n) is 5.80. The third kappa shape index (κ3) is 8.71. The molecular formula is C30H26Cl2N4O6S. The molecule has 222 valence electrons. The van der Waals surface area contributed by atoms with Gasteiger partial charge in [-0.2, -0.15) is 5.10 Å². The van der Waals surface area contributed by atoms with E-state index in [1.165, 1.54) is 43.7 Å². The molecule has 43 heavy (non-hydrogen) atoms. The monoisotopic (exact) mass is 640 g/mol. The van der Waals surface area contributed by atoms with E-state index in [0.717, 1.165) is 4.31 Å². The van der Waals surface area contributed by atoms with Crippen LogP contribution in [0.2, 0.25) is 10.0 Å². The van der Waals surface area contributed by atoms with E-state index in [1.54, 1.807) is 66.7 Å². The highest BCUT2D eigenvalue weighted by molar-refractivity contribution is 7.92. The van der Waals surface area contributed by atoms with Gasteiger partial charge in [0.2, 0.25) is 0 Å². The van der Waals surface area contributed by atoms with Gasteiger partial charge in [0.1, 0.15) is 18.0 Å². The van der Waals surface area contributed by atoms with Crippen LogP contribution in [0, 0.1) is 0 Å². The number of carbonyl (C=O) groups excluding carboxylic acids is 2. The van der Waals surface area contributed by atoms with Gasteiger partial charge in [-0.3, -0.25) is 13.9 Å². The lowest BCUT2D eigenvalue weighted by Crippen LogP contribution is -2.39. The highest BCUT2D eigenvalue weighted by Gasteiger charge is 2.27. The van der Waals surface area contributed by atoms with Crippen molar-refractivity contribution >= 4 is 62.6 Å². The van der Waals surface area contributed by atoms with E-state index in [4.69, 9.17) is 32.7 Å². The van der Waals surface area contributed by atoms with Gasteiger partial charge >= 0.3 is 0 Å². The first kappa shape index (κ1) is 31.4. The van der Waals surface area contributed by atoms with Crippen molar-refractivity contribution in [1.29, 1.82) is 0 Å². The van der Waals surface area contributed by atoms with Crippen LogP contribution < -0.4 is 24.5 Å². The molecule has 0 fully saturated rings. The quantitative estimate of drug-likeness (QED) is 0.158. The fraction of sp³-hybridized carbons (Fsp3) is 0.100. The zero-order valence-corrected chi connectivity index (χ0v) is 25.1. The summed E-state index contributed by atoms with van der Waals surface area (Å²) >= 11 is 12.2. The molecule has 0 aliphatic rings. The summed E-state index contributed by atoms with van der Waals surface area (Å²) in [4.78, 5) is 24.9. The molecule has 0 saturated heterocycles. The maximum absolute atomic E-state index is 13.5. The van der Waals surface area contributed by atoms with Crippen LogP contribution in [-0.4, -0.2) is 46.7 Å². The SMILES string of the molecule is COc1ccc(N(CC(=O)N/N=C\c2ccc(OCC(=O)Nc3cccc(Cl)c3)cc2)S(=O)(=O)c2ccccc2)cc1Cl. The van der Waals surface area contributed by atoms with E-state index >= 15 is 0 Å². The van der Waals surface area contributed by atoms with Crippen molar-refractivity contribution in [3.63, 3.8) is 0 Å². The van der Waals surface area contributed by atoms with Crippen molar-refractivity contribution in [2.45, 2.75) is 4.90 Å². The van der Waals surface area contributed by atoms with Gasteiger partial charge < -0.3 is 14.8 Å². The van der Waals surface area contributed by atoms with Crippen LogP contribution >= 0.6 is 23.2 Å². The summed E-state index contributed by atoms with van der Waals surface area (Å²) in [6.07, 6.45) is 1.38. The first-order chi connectivity index (χ1) is 20.7. The number of ether oxygens (including phenoxy) is 2. The number of methoxy groups -OCH3 is 1. The summed E-state index contributed by atoms with van der Waals surface area (Å²) in [5, 5.41) is 7.31. The average molecular weight is 642 g/mol. The van der Waals surface area contributed by atoms with E-state index in [-0.39, 0.29) is 28.1 Å². The molecule has 4 aromatic carbocycles. The minimum atomic E-state index is -4.13. The van der Waals surface area contributed by atoms with Gasteiger partial charge in [-0.25, -0.2) is 13.8 Å². The second-order valence-corrected chi connectivity index (χ2v) is 11.6. The normalized spacial score (nSPS) is 11.1. The van der Waals surface area contributed by atoms with E-state index in [1.807, 2.05) is 0 Å². The Morgan fingerprint density at radius 1 is 0.907 bits per heavy atom. The standard InChI is InChI=1S/C30H26Cl2N4O6S/c1-41-28-15-12-24(17-27(28)32)36(43(39,40)26-8-3-2-4-9-26)19-29(37)35-33-18-21-10-13-25(14-11-21)42-20-30(38)34-23-7-5-6-22(31)16-23/h2-18H,19-20H2,1H3,(H,34,38)(H,35,37)/b33-18-. The summed E-state index contributed by atoms with van der Waals surface area (Å²) in [6.45, 7) is -0.779. The van der Waals surface area contributed by atoms with Crippen LogP contribution in [0.3, 0.4) is 0 Å². The Balaban J connectivity index is 1.37. The summed E-state index contributed by atoms with van der Waals surface area (Å²) in [5.41, 5.74) is 3.69. The molecule has 0 radical (unpaired) electrons. The van der Waals surface area contributed by atoms with Crippen molar-refractivity contribution < 1.29 is 27.5 Å². The molecule has 2 N–H and O–H groups in total. The van der Waals surface area contributed by atoms with E-state index < -0.39 is 22.5 Å². The number of nitrogens with zero attached hydrogens (tertiary/aromatic N) is 2. The van der Waals surface area contributed by atoms with Crippen molar-refractivity contribution in [1.82, 2.24) is 5.43 Å². The molecule has 0 atom stereocenters. The molecule has 0 aliphatic heterocycles. The van der Waals surface area contributed by atoms with Crippen molar-refractivity contribution in [3.05, 3.63) is 113 Å². The number of halogens is 2. The van der Waals surface area contributed by atoms with Crippen LogP contribution in [-0.2, 0) is 19.6 Å².